The molecule has 1 aromatic rings. The summed E-state index contributed by atoms with van der Waals surface area (Å²) in [5.74, 6) is -1.37. The monoisotopic (exact) mass is 236 g/mol. The van der Waals surface area contributed by atoms with Crippen molar-refractivity contribution in [2.75, 3.05) is 13.2 Å². The van der Waals surface area contributed by atoms with Gasteiger partial charge in [0.25, 0.3) is 5.78 Å². The van der Waals surface area contributed by atoms with Gasteiger partial charge in [-0.05, 0) is 31.0 Å². The molecule has 0 atom stereocenters. The van der Waals surface area contributed by atoms with E-state index in [1.165, 1.54) is 6.07 Å². The number of hydrogen-bond donors (Lipinski definition) is 1. The summed E-state index contributed by atoms with van der Waals surface area (Å²) >= 11 is 0. The Bertz CT molecular complexity index is 504. The van der Waals surface area contributed by atoms with Gasteiger partial charge in [-0.3, -0.25) is 4.79 Å². The third-order valence-electron chi connectivity index (χ3n) is 2.83. The highest BCUT2D eigenvalue weighted by Gasteiger charge is 2.24. The van der Waals surface area contributed by atoms with Crippen LogP contribution < -0.4 is 9.47 Å². The van der Waals surface area contributed by atoms with Gasteiger partial charge in [-0.2, -0.15) is 0 Å². The largest absolute Gasteiger partial charge is 0.486 e. The number of carbonyl (C=O) groups is 2. The van der Waals surface area contributed by atoms with E-state index in [1.54, 1.807) is 13.8 Å². The Morgan fingerprint density at radius 3 is 2.47 bits per heavy atom. The Morgan fingerprint density at radius 2 is 1.82 bits per heavy atom. The molecular weight excluding hydrogens is 224 g/mol. The van der Waals surface area contributed by atoms with Crippen molar-refractivity contribution in [2.24, 2.45) is 0 Å². The van der Waals surface area contributed by atoms with Crippen LogP contribution in [0.25, 0.3) is 0 Å². The van der Waals surface area contributed by atoms with Crippen LogP contribution in [0.2, 0.25) is 0 Å². The second-order valence-electron chi connectivity index (χ2n) is 3.83. The maximum atomic E-state index is 11.5. The molecule has 0 aromatic heterocycles. The first kappa shape index (κ1) is 11.4. The van der Waals surface area contributed by atoms with Gasteiger partial charge in [0.15, 0.2) is 11.5 Å². The summed E-state index contributed by atoms with van der Waals surface area (Å²) in [5, 5.41) is 8.73. The number of carbonyl (C=O) groups excluding carboxylic acids is 1. The smallest absolute Gasteiger partial charge is 0.377 e. The van der Waals surface area contributed by atoms with Gasteiger partial charge >= 0.3 is 5.97 Å². The zero-order chi connectivity index (χ0) is 12.6. The lowest BCUT2D eigenvalue weighted by Crippen LogP contribution is -2.20. The van der Waals surface area contributed by atoms with E-state index < -0.39 is 11.8 Å². The van der Waals surface area contributed by atoms with E-state index in [2.05, 4.69) is 0 Å². The molecule has 5 heteroatoms. The van der Waals surface area contributed by atoms with E-state index in [9.17, 15) is 9.59 Å². The molecule has 0 saturated carbocycles. The Balaban J connectivity index is 2.59. The van der Waals surface area contributed by atoms with Crippen molar-refractivity contribution in [3.8, 4) is 11.5 Å². The number of ether oxygens (including phenoxy) is 2. The van der Waals surface area contributed by atoms with Crippen LogP contribution in [0.15, 0.2) is 6.07 Å². The highest BCUT2D eigenvalue weighted by atomic mass is 16.6. The van der Waals surface area contributed by atoms with Gasteiger partial charge in [-0.15, -0.1) is 0 Å². The fourth-order valence-corrected chi connectivity index (χ4v) is 1.79. The van der Waals surface area contributed by atoms with Gasteiger partial charge in [0.05, 0.1) is 0 Å². The molecule has 1 N–H and O–H groups in total. The highest BCUT2D eigenvalue weighted by Crippen LogP contribution is 2.37. The van der Waals surface area contributed by atoms with Crippen LogP contribution in [0, 0.1) is 13.8 Å². The van der Waals surface area contributed by atoms with Crippen LogP contribution in [-0.2, 0) is 4.79 Å². The second kappa shape index (κ2) is 4.08. The number of hydrogen-bond acceptors (Lipinski definition) is 4. The Kier molecular flexibility index (Phi) is 2.75. The predicted octanol–water partition coefficient (Wildman–Crippen LogP) is 1.34. The molecule has 0 aliphatic carbocycles. The molecule has 1 aliphatic rings. The highest BCUT2D eigenvalue weighted by molar-refractivity contribution is 6.40. The third kappa shape index (κ3) is 1.84. The topological polar surface area (TPSA) is 72.8 Å². The number of carboxylic acid groups (broad SMARTS) is 1. The van der Waals surface area contributed by atoms with Crippen molar-refractivity contribution in [3.63, 3.8) is 0 Å². The van der Waals surface area contributed by atoms with E-state index in [1.807, 2.05) is 0 Å². The van der Waals surface area contributed by atoms with Crippen LogP contribution in [-0.4, -0.2) is 30.1 Å². The summed E-state index contributed by atoms with van der Waals surface area (Å²) in [7, 11) is 0. The Morgan fingerprint density at radius 1 is 1.18 bits per heavy atom. The number of rotatable bonds is 2. The number of carboxylic acids is 1. The molecule has 5 nitrogen and oxygen atoms in total. The van der Waals surface area contributed by atoms with Crippen LogP contribution in [0.3, 0.4) is 0 Å². The Labute approximate surface area is 98.0 Å². The number of fused-ring (bicyclic) bond motifs is 1. The average Bonchev–Trinajstić information content (AvgIpc) is 2.33. The summed E-state index contributed by atoms with van der Waals surface area (Å²) in [6.45, 7) is 4.33. The number of Topliss-reactive ketones (excluding diaryl/α,β-unsaturated/α-hetero) is 1. The lowest BCUT2D eigenvalue weighted by atomic mass is 9.98. The van der Waals surface area contributed by atoms with Gasteiger partial charge in [-0.1, -0.05) is 0 Å². The third-order valence-corrected chi connectivity index (χ3v) is 2.83. The summed E-state index contributed by atoms with van der Waals surface area (Å²) < 4.78 is 10.8. The molecule has 0 bridgehead atoms. The van der Waals surface area contributed by atoms with Crippen molar-refractivity contribution in [1.82, 2.24) is 0 Å². The van der Waals surface area contributed by atoms with Crippen molar-refractivity contribution in [1.29, 1.82) is 0 Å². The maximum Gasteiger partial charge on any atom is 0.377 e. The fraction of sp³-hybridized carbons (Fsp3) is 0.333. The molecule has 0 radical (unpaired) electrons. The van der Waals surface area contributed by atoms with Crippen molar-refractivity contribution >= 4 is 11.8 Å². The number of ketones is 1. The fourth-order valence-electron chi connectivity index (χ4n) is 1.79. The van der Waals surface area contributed by atoms with Crippen molar-refractivity contribution in [2.45, 2.75) is 13.8 Å². The maximum absolute atomic E-state index is 11.5. The minimum atomic E-state index is -1.47. The zero-order valence-electron chi connectivity index (χ0n) is 9.57. The van der Waals surface area contributed by atoms with Gasteiger partial charge in [0.2, 0.25) is 0 Å². The van der Waals surface area contributed by atoms with Crippen LogP contribution in [0.5, 0.6) is 11.5 Å². The van der Waals surface area contributed by atoms with Gasteiger partial charge in [0.1, 0.15) is 13.2 Å². The van der Waals surface area contributed by atoms with Crippen molar-refractivity contribution < 1.29 is 24.2 Å². The minimum absolute atomic E-state index is 0.152. The molecular formula is C12H12O5. The van der Waals surface area contributed by atoms with Gasteiger partial charge in [0, 0.05) is 5.56 Å². The summed E-state index contributed by atoms with van der Waals surface area (Å²) in [5.41, 5.74) is 1.51. The van der Waals surface area contributed by atoms with Crippen LogP contribution >= 0.6 is 0 Å². The first-order valence-electron chi connectivity index (χ1n) is 5.19. The molecule has 1 heterocycles. The molecule has 0 unspecified atom stereocenters. The molecule has 17 heavy (non-hydrogen) atoms. The number of aliphatic carboxylic acids is 1. The van der Waals surface area contributed by atoms with E-state index in [0.29, 0.717) is 30.3 Å². The lowest BCUT2D eigenvalue weighted by molar-refractivity contribution is -0.131. The van der Waals surface area contributed by atoms with Crippen molar-refractivity contribution in [3.05, 3.63) is 22.8 Å². The molecule has 90 valence electrons. The Hall–Kier alpha value is -2.04. The molecule has 1 aliphatic heterocycles. The predicted molar refractivity (Wildman–Crippen MR) is 58.9 cm³/mol. The second-order valence-corrected chi connectivity index (χ2v) is 3.83. The zero-order valence-corrected chi connectivity index (χ0v) is 9.57. The summed E-state index contributed by atoms with van der Waals surface area (Å²) in [4.78, 5) is 22.2. The normalized spacial score (nSPS) is 13.3. The SMILES string of the molecule is Cc1c(C(=O)C(=O)O)cc2c(c1C)OCCO2. The van der Waals surface area contributed by atoms with E-state index in [-0.39, 0.29) is 5.56 Å². The number of benzene rings is 1. The van der Waals surface area contributed by atoms with Gasteiger partial charge in [-0.25, -0.2) is 4.79 Å². The molecule has 0 amide bonds. The molecule has 0 fully saturated rings. The summed E-state index contributed by atoms with van der Waals surface area (Å²) in [6, 6.07) is 1.44. The van der Waals surface area contributed by atoms with E-state index in [0.717, 1.165) is 5.56 Å². The quantitative estimate of drug-likeness (QED) is 0.619. The van der Waals surface area contributed by atoms with E-state index >= 15 is 0 Å². The average molecular weight is 236 g/mol. The first-order valence-corrected chi connectivity index (χ1v) is 5.19. The molecule has 2 rings (SSSR count). The molecule has 0 spiro atoms. The molecule has 1 aromatic carbocycles. The van der Waals surface area contributed by atoms with E-state index in [4.69, 9.17) is 14.6 Å². The summed E-state index contributed by atoms with van der Waals surface area (Å²) in [6.07, 6.45) is 0. The first-order chi connectivity index (χ1) is 8.02. The lowest BCUT2D eigenvalue weighted by Gasteiger charge is -2.22. The minimum Gasteiger partial charge on any atom is -0.486 e. The van der Waals surface area contributed by atoms with Crippen LogP contribution in [0.4, 0.5) is 0 Å². The standard InChI is InChI=1S/C12H12O5/c1-6-7(2)11-9(16-3-4-17-11)5-8(6)10(13)12(14)15/h5H,3-4H2,1-2H3,(H,14,15). The molecule has 0 saturated heterocycles. The van der Waals surface area contributed by atoms with Crippen LogP contribution in [0.1, 0.15) is 21.5 Å². The van der Waals surface area contributed by atoms with Gasteiger partial charge < -0.3 is 14.6 Å².